The molecule has 1 aromatic heterocycles. The molecule has 0 aliphatic heterocycles. The van der Waals surface area contributed by atoms with Crippen molar-refractivity contribution in [2.45, 2.75) is 39.7 Å². The van der Waals surface area contributed by atoms with Gasteiger partial charge in [0.25, 0.3) is 0 Å². The van der Waals surface area contributed by atoms with Crippen LogP contribution in [0.1, 0.15) is 33.1 Å². The lowest BCUT2D eigenvalue weighted by atomic mass is 10.0. The van der Waals surface area contributed by atoms with E-state index in [-0.39, 0.29) is 17.9 Å². The first-order valence-electron chi connectivity index (χ1n) is 8.39. The number of ether oxygens (including phenoxy) is 1. The van der Waals surface area contributed by atoms with Gasteiger partial charge in [-0.25, -0.2) is 0 Å². The van der Waals surface area contributed by atoms with E-state index in [1.807, 2.05) is 51.1 Å². The van der Waals surface area contributed by atoms with Gasteiger partial charge in [0, 0.05) is 12.0 Å². The molecule has 0 fully saturated rings. The van der Waals surface area contributed by atoms with Gasteiger partial charge >= 0.3 is 5.97 Å². The number of hydrogen-bond acceptors (Lipinski definition) is 6. The van der Waals surface area contributed by atoms with Gasteiger partial charge in [0.15, 0.2) is 0 Å². The highest BCUT2D eigenvalue weighted by Crippen LogP contribution is 2.15. The Morgan fingerprint density at radius 2 is 2.04 bits per heavy atom. The monoisotopic (exact) mass is 331 g/mol. The van der Waals surface area contributed by atoms with Gasteiger partial charge in [-0.15, -0.1) is 0 Å². The molecule has 2 rings (SSSR count). The summed E-state index contributed by atoms with van der Waals surface area (Å²) in [5, 5.41) is 7.25. The molecule has 130 valence electrons. The highest BCUT2D eigenvalue weighted by molar-refractivity contribution is 5.76. The molecule has 1 heterocycles. The van der Waals surface area contributed by atoms with Crippen LogP contribution in [-0.4, -0.2) is 35.3 Å². The van der Waals surface area contributed by atoms with Gasteiger partial charge in [-0.2, -0.15) is 4.98 Å². The van der Waals surface area contributed by atoms with Crippen LogP contribution in [0.5, 0.6) is 0 Å². The lowest BCUT2D eigenvalue weighted by Gasteiger charge is -2.20. The number of carbonyl (C=O) groups excluding carboxylic acids is 1. The van der Waals surface area contributed by atoms with Crippen LogP contribution < -0.4 is 5.32 Å². The zero-order chi connectivity index (χ0) is 17.4. The van der Waals surface area contributed by atoms with Gasteiger partial charge < -0.3 is 14.6 Å². The van der Waals surface area contributed by atoms with Crippen molar-refractivity contribution in [3.63, 3.8) is 0 Å². The van der Waals surface area contributed by atoms with Crippen molar-refractivity contribution in [3.05, 3.63) is 36.2 Å². The van der Waals surface area contributed by atoms with Crippen molar-refractivity contribution in [2.75, 3.05) is 13.2 Å². The Kier molecular flexibility index (Phi) is 6.93. The number of carbonyl (C=O) groups is 1. The van der Waals surface area contributed by atoms with Crippen LogP contribution in [0.3, 0.4) is 0 Å². The summed E-state index contributed by atoms with van der Waals surface area (Å²) >= 11 is 0. The predicted octanol–water partition coefficient (Wildman–Crippen LogP) is 2.85. The Labute approximate surface area is 142 Å². The maximum absolute atomic E-state index is 11.9. The summed E-state index contributed by atoms with van der Waals surface area (Å²) in [6.07, 6.45) is 1.47. The SMILES string of the molecule is CCOC(=O)[C@H](NCCCc1nc(-c2ccccc2)no1)C(C)C. The van der Waals surface area contributed by atoms with Gasteiger partial charge in [0.1, 0.15) is 6.04 Å². The third-order valence-corrected chi connectivity index (χ3v) is 3.64. The number of nitrogens with zero attached hydrogens (tertiary/aromatic N) is 2. The summed E-state index contributed by atoms with van der Waals surface area (Å²) in [6.45, 7) is 6.89. The summed E-state index contributed by atoms with van der Waals surface area (Å²) in [5.41, 5.74) is 0.938. The average molecular weight is 331 g/mol. The van der Waals surface area contributed by atoms with E-state index in [2.05, 4.69) is 15.5 Å². The molecular weight excluding hydrogens is 306 g/mol. The second kappa shape index (κ2) is 9.17. The van der Waals surface area contributed by atoms with Crippen LogP contribution >= 0.6 is 0 Å². The molecular formula is C18H25N3O3. The first kappa shape index (κ1) is 18.1. The van der Waals surface area contributed by atoms with Gasteiger partial charge in [-0.1, -0.05) is 49.3 Å². The number of benzene rings is 1. The largest absolute Gasteiger partial charge is 0.465 e. The summed E-state index contributed by atoms with van der Waals surface area (Å²) in [6, 6.07) is 9.44. The number of hydrogen-bond donors (Lipinski definition) is 1. The molecule has 2 aromatic rings. The van der Waals surface area contributed by atoms with E-state index in [1.54, 1.807) is 0 Å². The first-order valence-corrected chi connectivity index (χ1v) is 8.39. The van der Waals surface area contributed by atoms with E-state index in [4.69, 9.17) is 9.26 Å². The fourth-order valence-electron chi connectivity index (χ4n) is 2.38. The van der Waals surface area contributed by atoms with E-state index in [9.17, 15) is 4.79 Å². The quantitative estimate of drug-likeness (QED) is 0.562. The molecule has 0 aliphatic carbocycles. The molecule has 0 spiro atoms. The predicted molar refractivity (Wildman–Crippen MR) is 91.3 cm³/mol. The summed E-state index contributed by atoms with van der Waals surface area (Å²) in [4.78, 5) is 16.3. The van der Waals surface area contributed by atoms with Crippen molar-refractivity contribution in [1.29, 1.82) is 0 Å². The molecule has 6 heteroatoms. The Morgan fingerprint density at radius 1 is 1.29 bits per heavy atom. The van der Waals surface area contributed by atoms with E-state index in [0.717, 1.165) is 12.0 Å². The lowest BCUT2D eigenvalue weighted by molar-refractivity contribution is -0.146. The van der Waals surface area contributed by atoms with Crippen LogP contribution in [0.15, 0.2) is 34.9 Å². The van der Waals surface area contributed by atoms with Gasteiger partial charge in [-0.3, -0.25) is 4.79 Å². The molecule has 0 bridgehead atoms. The van der Waals surface area contributed by atoms with Crippen LogP contribution in [0.4, 0.5) is 0 Å². The zero-order valence-electron chi connectivity index (χ0n) is 14.5. The molecule has 1 aromatic carbocycles. The van der Waals surface area contributed by atoms with Crippen molar-refractivity contribution in [3.8, 4) is 11.4 Å². The third kappa shape index (κ3) is 5.16. The molecule has 0 radical (unpaired) electrons. The molecule has 0 unspecified atom stereocenters. The number of aryl methyl sites for hydroxylation is 1. The maximum Gasteiger partial charge on any atom is 0.323 e. The van der Waals surface area contributed by atoms with E-state index in [0.29, 0.717) is 31.3 Å². The number of rotatable bonds is 9. The van der Waals surface area contributed by atoms with Gasteiger partial charge in [0.05, 0.1) is 6.61 Å². The van der Waals surface area contributed by atoms with Gasteiger partial charge in [0.2, 0.25) is 11.7 Å². The highest BCUT2D eigenvalue weighted by atomic mass is 16.5. The summed E-state index contributed by atoms with van der Waals surface area (Å²) in [7, 11) is 0. The standard InChI is InChI=1S/C18H25N3O3/c1-4-23-18(22)16(13(2)3)19-12-8-11-15-20-17(21-24-15)14-9-6-5-7-10-14/h5-7,9-10,13,16,19H,4,8,11-12H2,1-3H3/t16-/m1/s1. The van der Waals surface area contributed by atoms with Crippen molar-refractivity contribution < 1.29 is 14.1 Å². The highest BCUT2D eigenvalue weighted by Gasteiger charge is 2.22. The molecule has 0 amide bonds. The smallest absolute Gasteiger partial charge is 0.323 e. The molecule has 1 N–H and O–H groups in total. The van der Waals surface area contributed by atoms with Crippen LogP contribution in [-0.2, 0) is 16.0 Å². The normalized spacial score (nSPS) is 12.3. The Morgan fingerprint density at radius 3 is 2.71 bits per heavy atom. The first-order chi connectivity index (χ1) is 11.6. The van der Waals surface area contributed by atoms with Crippen molar-refractivity contribution >= 4 is 5.97 Å². The lowest BCUT2D eigenvalue weighted by Crippen LogP contribution is -2.42. The van der Waals surface area contributed by atoms with Crippen LogP contribution in [0.2, 0.25) is 0 Å². The Hall–Kier alpha value is -2.21. The minimum absolute atomic E-state index is 0.178. The zero-order valence-corrected chi connectivity index (χ0v) is 14.5. The molecule has 0 aliphatic rings. The van der Waals surface area contributed by atoms with E-state index >= 15 is 0 Å². The second-order valence-electron chi connectivity index (χ2n) is 5.91. The Bertz CT molecular complexity index is 625. The molecule has 24 heavy (non-hydrogen) atoms. The van der Waals surface area contributed by atoms with E-state index < -0.39 is 0 Å². The van der Waals surface area contributed by atoms with Crippen LogP contribution in [0.25, 0.3) is 11.4 Å². The number of aromatic nitrogens is 2. The average Bonchev–Trinajstić information content (AvgIpc) is 3.04. The molecule has 1 atom stereocenters. The van der Waals surface area contributed by atoms with E-state index in [1.165, 1.54) is 0 Å². The second-order valence-corrected chi connectivity index (χ2v) is 5.91. The van der Waals surface area contributed by atoms with Crippen molar-refractivity contribution in [2.24, 2.45) is 5.92 Å². The van der Waals surface area contributed by atoms with Crippen molar-refractivity contribution in [1.82, 2.24) is 15.5 Å². The fraction of sp³-hybridized carbons (Fsp3) is 0.500. The topological polar surface area (TPSA) is 77.2 Å². The minimum Gasteiger partial charge on any atom is -0.465 e. The summed E-state index contributed by atoms with van der Waals surface area (Å²) < 4.78 is 10.4. The molecule has 0 saturated carbocycles. The number of nitrogens with one attached hydrogen (secondary N) is 1. The molecule has 0 saturated heterocycles. The van der Waals surface area contributed by atoms with Crippen LogP contribution in [0, 0.1) is 5.92 Å². The maximum atomic E-state index is 11.9. The molecule has 6 nitrogen and oxygen atoms in total. The third-order valence-electron chi connectivity index (χ3n) is 3.64. The van der Waals surface area contributed by atoms with Gasteiger partial charge in [-0.05, 0) is 25.8 Å². The fourth-order valence-corrected chi connectivity index (χ4v) is 2.38. The minimum atomic E-state index is -0.285. The summed E-state index contributed by atoms with van der Waals surface area (Å²) in [5.74, 6) is 1.19. The Balaban J connectivity index is 1.80. The number of esters is 1.